The van der Waals surface area contributed by atoms with Gasteiger partial charge in [0.25, 0.3) is 0 Å². The van der Waals surface area contributed by atoms with Gasteiger partial charge in [-0.05, 0) is 23.8 Å². The molecule has 2 N–H and O–H groups in total. The summed E-state index contributed by atoms with van der Waals surface area (Å²) in [4.78, 5) is 3.99. The number of aliphatic hydroxyl groups is 1. The minimum Gasteiger partial charge on any atom is -0.497 e. The summed E-state index contributed by atoms with van der Waals surface area (Å²) in [5, 5.41) is 13.2. The standard InChI is InChI=1S/C15H18N2O2/c1-19-14-6-4-12(5-7-14)9-17-11-15(18)13-3-2-8-16-10-13/h2-8,10,15,17-18H,9,11H2,1H3. The minimum atomic E-state index is -0.535. The summed E-state index contributed by atoms with van der Waals surface area (Å²) in [6.07, 6.45) is 2.84. The van der Waals surface area contributed by atoms with E-state index in [1.807, 2.05) is 36.4 Å². The first kappa shape index (κ1) is 13.5. The molecule has 1 atom stereocenters. The molecule has 4 heteroatoms. The van der Waals surface area contributed by atoms with Gasteiger partial charge in [0.15, 0.2) is 0 Å². The molecular weight excluding hydrogens is 240 g/mol. The maximum absolute atomic E-state index is 9.96. The number of hydrogen-bond donors (Lipinski definition) is 2. The molecule has 1 aromatic carbocycles. The van der Waals surface area contributed by atoms with E-state index < -0.39 is 6.10 Å². The number of nitrogens with one attached hydrogen (secondary N) is 1. The summed E-state index contributed by atoms with van der Waals surface area (Å²) in [6, 6.07) is 11.5. The van der Waals surface area contributed by atoms with Crippen LogP contribution in [0.5, 0.6) is 5.75 Å². The number of hydrogen-bond acceptors (Lipinski definition) is 4. The molecule has 2 aromatic rings. The largest absolute Gasteiger partial charge is 0.497 e. The van der Waals surface area contributed by atoms with Gasteiger partial charge >= 0.3 is 0 Å². The van der Waals surface area contributed by atoms with Crippen molar-refractivity contribution < 1.29 is 9.84 Å². The lowest BCUT2D eigenvalue weighted by atomic mass is 10.1. The van der Waals surface area contributed by atoms with Crippen LogP contribution in [0, 0.1) is 0 Å². The Bertz CT molecular complexity index is 485. The van der Waals surface area contributed by atoms with Crippen molar-refractivity contribution in [2.75, 3.05) is 13.7 Å². The van der Waals surface area contributed by atoms with Crippen LogP contribution < -0.4 is 10.1 Å². The molecule has 1 unspecified atom stereocenters. The summed E-state index contributed by atoms with van der Waals surface area (Å²) in [5.41, 5.74) is 1.98. The predicted molar refractivity (Wildman–Crippen MR) is 73.9 cm³/mol. The van der Waals surface area contributed by atoms with E-state index in [2.05, 4.69) is 10.3 Å². The molecule has 2 rings (SSSR count). The second-order valence-electron chi connectivity index (χ2n) is 4.28. The third-order valence-corrected chi connectivity index (χ3v) is 2.90. The fraction of sp³-hybridized carbons (Fsp3) is 0.267. The van der Waals surface area contributed by atoms with E-state index in [0.717, 1.165) is 16.9 Å². The number of nitrogens with zero attached hydrogens (tertiary/aromatic N) is 1. The topological polar surface area (TPSA) is 54.4 Å². The Kier molecular flexibility index (Phi) is 4.89. The first-order valence-electron chi connectivity index (χ1n) is 6.21. The molecule has 100 valence electrons. The third-order valence-electron chi connectivity index (χ3n) is 2.90. The molecule has 0 amide bonds. The SMILES string of the molecule is COc1ccc(CNCC(O)c2cccnc2)cc1. The van der Waals surface area contributed by atoms with Crippen molar-refractivity contribution in [1.29, 1.82) is 0 Å². The summed E-state index contributed by atoms with van der Waals surface area (Å²) in [6.45, 7) is 1.21. The van der Waals surface area contributed by atoms with Gasteiger partial charge in [-0.25, -0.2) is 0 Å². The van der Waals surface area contributed by atoms with Gasteiger partial charge in [-0.2, -0.15) is 0 Å². The van der Waals surface area contributed by atoms with Gasteiger partial charge in [0.2, 0.25) is 0 Å². The average molecular weight is 258 g/mol. The lowest BCUT2D eigenvalue weighted by molar-refractivity contribution is 0.174. The van der Waals surface area contributed by atoms with Gasteiger partial charge in [-0.1, -0.05) is 18.2 Å². The smallest absolute Gasteiger partial charge is 0.118 e. The Hall–Kier alpha value is -1.91. The number of benzene rings is 1. The number of pyridine rings is 1. The van der Waals surface area contributed by atoms with Gasteiger partial charge in [0.1, 0.15) is 5.75 Å². The van der Waals surface area contributed by atoms with Crippen LogP contribution in [0.3, 0.4) is 0 Å². The van der Waals surface area contributed by atoms with Gasteiger partial charge in [0, 0.05) is 31.0 Å². The average Bonchev–Trinajstić information content (AvgIpc) is 2.49. The van der Waals surface area contributed by atoms with Crippen LogP contribution in [-0.2, 0) is 6.54 Å². The van der Waals surface area contributed by atoms with Crippen molar-refractivity contribution >= 4 is 0 Å². The minimum absolute atomic E-state index is 0.498. The molecule has 0 radical (unpaired) electrons. The Labute approximate surface area is 113 Å². The summed E-state index contributed by atoms with van der Waals surface area (Å²) >= 11 is 0. The second kappa shape index (κ2) is 6.87. The molecule has 1 heterocycles. The van der Waals surface area contributed by atoms with Crippen molar-refractivity contribution in [3.63, 3.8) is 0 Å². The first-order valence-corrected chi connectivity index (χ1v) is 6.21. The normalized spacial score (nSPS) is 12.1. The molecule has 0 saturated heterocycles. The van der Waals surface area contributed by atoms with Crippen LogP contribution >= 0.6 is 0 Å². The lowest BCUT2D eigenvalue weighted by Crippen LogP contribution is -2.21. The number of ether oxygens (including phenoxy) is 1. The summed E-state index contributed by atoms with van der Waals surface area (Å²) in [7, 11) is 1.65. The predicted octanol–water partition coefficient (Wildman–Crippen LogP) is 1.91. The monoisotopic (exact) mass is 258 g/mol. The summed E-state index contributed by atoms with van der Waals surface area (Å²) in [5.74, 6) is 0.846. The van der Waals surface area contributed by atoms with Gasteiger partial charge in [-0.3, -0.25) is 4.98 Å². The van der Waals surface area contributed by atoms with E-state index in [4.69, 9.17) is 4.74 Å². The number of aliphatic hydroxyl groups excluding tert-OH is 1. The fourth-order valence-electron chi connectivity index (χ4n) is 1.79. The van der Waals surface area contributed by atoms with Crippen LogP contribution in [0.15, 0.2) is 48.8 Å². The van der Waals surface area contributed by atoms with E-state index in [1.165, 1.54) is 0 Å². The Morgan fingerprint density at radius 3 is 2.68 bits per heavy atom. The first-order chi connectivity index (χ1) is 9.29. The molecule has 19 heavy (non-hydrogen) atoms. The lowest BCUT2D eigenvalue weighted by Gasteiger charge is -2.12. The Morgan fingerprint density at radius 1 is 1.26 bits per heavy atom. The maximum atomic E-state index is 9.96. The Balaban J connectivity index is 1.79. The van der Waals surface area contributed by atoms with E-state index in [0.29, 0.717) is 13.1 Å². The molecular formula is C15H18N2O2. The zero-order valence-corrected chi connectivity index (χ0v) is 10.9. The van der Waals surface area contributed by atoms with E-state index >= 15 is 0 Å². The van der Waals surface area contributed by atoms with Crippen LogP contribution in [-0.4, -0.2) is 23.7 Å². The molecule has 0 fully saturated rings. The highest BCUT2D eigenvalue weighted by Crippen LogP contribution is 2.12. The van der Waals surface area contributed by atoms with Crippen LogP contribution in [0.1, 0.15) is 17.2 Å². The molecule has 0 saturated carbocycles. The van der Waals surface area contributed by atoms with Gasteiger partial charge in [-0.15, -0.1) is 0 Å². The zero-order valence-electron chi connectivity index (χ0n) is 10.9. The molecule has 4 nitrogen and oxygen atoms in total. The quantitative estimate of drug-likeness (QED) is 0.831. The molecule has 0 aliphatic rings. The summed E-state index contributed by atoms with van der Waals surface area (Å²) < 4.78 is 5.10. The van der Waals surface area contributed by atoms with Gasteiger partial charge < -0.3 is 15.2 Å². The Morgan fingerprint density at radius 2 is 2.05 bits per heavy atom. The van der Waals surface area contributed by atoms with Crippen molar-refractivity contribution in [2.45, 2.75) is 12.6 Å². The number of rotatable bonds is 6. The van der Waals surface area contributed by atoms with E-state index in [9.17, 15) is 5.11 Å². The number of aromatic nitrogens is 1. The van der Waals surface area contributed by atoms with Crippen molar-refractivity contribution in [2.24, 2.45) is 0 Å². The third kappa shape index (κ3) is 4.05. The van der Waals surface area contributed by atoms with Crippen LogP contribution in [0.25, 0.3) is 0 Å². The molecule has 0 aliphatic carbocycles. The zero-order chi connectivity index (χ0) is 13.5. The molecule has 0 spiro atoms. The highest BCUT2D eigenvalue weighted by molar-refractivity contribution is 5.27. The van der Waals surface area contributed by atoms with Crippen molar-refractivity contribution in [3.05, 3.63) is 59.9 Å². The van der Waals surface area contributed by atoms with E-state index in [1.54, 1.807) is 19.5 Å². The molecule has 0 bridgehead atoms. The molecule has 0 aliphatic heterocycles. The highest BCUT2D eigenvalue weighted by Gasteiger charge is 2.06. The van der Waals surface area contributed by atoms with E-state index in [-0.39, 0.29) is 0 Å². The van der Waals surface area contributed by atoms with Crippen LogP contribution in [0.4, 0.5) is 0 Å². The maximum Gasteiger partial charge on any atom is 0.118 e. The van der Waals surface area contributed by atoms with Gasteiger partial charge in [0.05, 0.1) is 13.2 Å². The highest BCUT2D eigenvalue weighted by atomic mass is 16.5. The van der Waals surface area contributed by atoms with Crippen molar-refractivity contribution in [1.82, 2.24) is 10.3 Å². The fourth-order valence-corrected chi connectivity index (χ4v) is 1.79. The number of methoxy groups -OCH3 is 1. The molecule has 1 aromatic heterocycles. The van der Waals surface area contributed by atoms with Crippen LogP contribution in [0.2, 0.25) is 0 Å². The second-order valence-corrected chi connectivity index (χ2v) is 4.28. The van der Waals surface area contributed by atoms with Crippen molar-refractivity contribution in [3.8, 4) is 5.75 Å².